The summed E-state index contributed by atoms with van der Waals surface area (Å²) in [5.74, 6) is -0.428. The third kappa shape index (κ3) is 6.79. The molecule has 1 aromatic carbocycles. The third-order valence-electron chi connectivity index (χ3n) is 2.40. The highest BCUT2D eigenvalue weighted by Crippen LogP contribution is 2.10. The molecule has 5 nitrogen and oxygen atoms in total. The van der Waals surface area contributed by atoms with E-state index in [0.717, 1.165) is 17.7 Å². The van der Waals surface area contributed by atoms with E-state index in [0.29, 0.717) is 0 Å². The van der Waals surface area contributed by atoms with Crippen molar-refractivity contribution in [2.24, 2.45) is 0 Å². The first-order chi connectivity index (χ1) is 8.65. The van der Waals surface area contributed by atoms with Crippen LogP contribution in [0, 0.1) is 0 Å². The molecule has 0 saturated heterocycles. The van der Waals surface area contributed by atoms with Gasteiger partial charge < -0.3 is 16.0 Å². The number of likely N-dealkylation sites (N-methyl/N-ethyl adjacent to an activating group) is 1. The number of aryl methyl sites for hydroxylation is 1. The van der Waals surface area contributed by atoms with E-state index < -0.39 is 0 Å². The molecule has 0 saturated carbocycles. The van der Waals surface area contributed by atoms with Crippen LogP contribution in [-0.4, -0.2) is 32.0 Å². The molecule has 0 fully saturated rings. The van der Waals surface area contributed by atoms with Gasteiger partial charge in [0, 0.05) is 5.69 Å². The Morgan fingerprint density at radius 2 is 1.89 bits per heavy atom. The van der Waals surface area contributed by atoms with Crippen LogP contribution in [0.3, 0.4) is 0 Å². The molecule has 0 atom stereocenters. The maximum absolute atomic E-state index is 11.6. The first-order valence-corrected chi connectivity index (χ1v) is 5.95. The Morgan fingerprint density at radius 3 is 2.53 bits per heavy atom. The molecule has 19 heavy (non-hydrogen) atoms. The van der Waals surface area contributed by atoms with Crippen LogP contribution in [0.25, 0.3) is 0 Å². The lowest BCUT2D eigenvalue weighted by molar-refractivity contribution is -0.123. The van der Waals surface area contributed by atoms with Crippen molar-refractivity contribution in [3.63, 3.8) is 0 Å². The van der Waals surface area contributed by atoms with Crippen LogP contribution in [0.2, 0.25) is 0 Å². The summed E-state index contributed by atoms with van der Waals surface area (Å²) >= 11 is 0. The zero-order valence-electron chi connectivity index (χ0n) is 11.2. The molecule has 0 bridgehead atoms. The molecule has 0 aromatic heterocycles. The smallest absolute Gasteiger partial charge is 0.243 e. The van der Waals surface area contributed by atoms with Gasteiger partial charge in [-0.1, -0.05) is 19.1 Å². The molecular formula is C13H20ClN3O2. The fourth-order valence-electron chi connectivity index (χ4n) is 1.48. The van der Waals surface area contributed by atoms with Gasteiger partial charge in [0.1, 0.15) is 0 Å². The second kappa shape index (κ2) is 9.35. The van der Waals surface area contributed by atoms with Crippen molar-refractivity contribution >= 4 is 29.9 Å². The molecule has 6 heteroatoms. The number of hydrogen-bond acceptors (Lipinski definition) is 3. The van der Waals surface area contributed by atoms with Crippen LogP contribution in [0.15, 0.2) is 24.3 Å². The van der Waals surface area contributed by atoms with Gasteiger partial charge in [0.15, 0.2) is 0 Å². The molecular weight excluding hydrogens is 266 g/mol. The summed E-state index contributed by atoms with van der Waals surface area (Å²) in [7, 11) is 1.68. The Hall–Kier alpha value is -1.59. The van der Waals surface area contributed by atoms with Crippen LogP contribution >= 0.6 is 12.4 Å². The van der Waals surface area contributed by atoms with E-state index in [1.165, 1.54) is 0 Å². The predicted molar refractivity (Wildman–Crippen MR) is 78.6 cm³/mol. The van der Waals surface area contributed by atoms with Gasteiger partial charge in [-0.25, -0.2) is 0 Å². The van der Waals surface area contributed by atoms with E-state index in [-0.39, 0.29) is 37.3 Å². The summed E-state index contributed by atoms with van der Waals surface area (Å²) in [5, 5.41) is 7.97. The SMILES string of the molecule is CCc1cccc(NC(=O)CNC(=O)CNC)c1.Cl. The third-order valence-corrected chi connectivity index (χ3v) is 2.40. The van der Waals surface area contributed by atoms with Crippen molar-refractivity contribution < 1.29 is 9.59 Å². The van der Waals surface area contributed by atoms with Crippen molar-refractivity contribution in [3.05, 3.63) is 29.8 Å². The van der Waals surface area contributed by atoms with E-state index >= 15 is 0 Å². The molecule has 0 heterocycles. The van der Waals surface area contributed by atoms with Crippen LogP contribution in [0.1, 0.15) is 12.5 Å². The summed E-state index contributed by atoms with van der Waals surface area (Å²) in [6.07, 6.45) is 0.919. The van der Waals surface area contributed by atoms with Gasteiger partial charge in [0.05, 0.1) is 13.1 Å². The average molecular weight is 286 g/mol. The van der Waals surface area contributed by atoms with Crippen LogP contribution in [-0.2, 0) is 16.0 Å². The monoisotopic (exact) mass is 285 g/mol. The molecule has 0 unspecified atom stereocenters. The first kappa shape index (κ1) is 17.4. The quantitative estimate of drug-likeness (QED) is 0.729. The maximum atomic E-state index is 11.6. The van der Waals surface area contributed by atoms with Crippen LogP contribution < -0.4 is 16.0 Å². The van der Waals surface area contributed by atoms with Crippen molar-refractivity contribution in [2.45, 2.75) is 13.3 Å². The number of hydrogen-bond donors (Lipinski definition) is 3. The lowest BCUT2D eigenvalue weighted by Gasteiger charge is -2.07. The molecule has 0 aliphatic carbocycles. The summed E-state index contributed by atoms with van der Waals surface area (Å²) in [6.45, 7) is 2.24. The van der Waals surface area contributed by atoms with Gasteiger partial charge in [-0.15, -0.1) is 12.4 Å². The Morgan fingerprint density at radius 1 is 1.16 bits per heavy atom. The predicted octanol–water partition coefficient (Wildman–Crippen LogP) is 0.945. The lowest BCUT2D eigenvalue weighted by Crippen LogP contribution is -2.37. The lowest BCUT2D eigenvalue weighted by atomic mass is 10.1. The first-order valence-electron chi connectivity index (χ1n) is 5.95. The minimum absolute atomic E-state index is 0. The number of nitrogens with one attached hydrogen (secondary N) is 3. The van der Waals surface area contributed by atoms with Gasteiger partial charge >= 0.3 is 0 Å². The number of benzene rings is 1. The normalized spacial score (nSPS) is 9.37. The molecule has 1 aromatic rings. The summed E-state index contributed by atoms with van der Waals surface area (Å²) in [5.41, 5.74) is 1.91. The molecule has 0 aliphatic rings. The molecule has 106 valence electrons. The standard InChI is InChI=1S/C13H19N3O2.ClH/c1-3-10-5-4-6-11(7-10)16-13(18)9-15-12(17)8-14-2;/h4-7,14H,3,8-9H2,1-2H3,(H,15,17)(H,16,18);1H. The molecule has 0 radical (unpaired) electrons. The summed E-state index contributed by atoms with van der Waals surface area (Å²) in [6, 6.07) is 7.65. The number of carbonyl (C=O) groups excluding carboxylic acids is 2. The second-order valence-electron chi connectivity index (χ2n) is 3.91. The Bertz CT molecular complexity index is 424. The van der Waals surface area contributed by atoms with E-state index in [9.17, 15) is 9.59 Å². The molecule has 0 aliphatic heterocycles. The molecule has 2 amide bonds. The van der Waals surface area contributed by atoms with Crippen molar-refractivity contribution in [1.29, 1.82) is 0 Å². The number of halogens is 1. The maximum Gasteiger partial charge on any atom is 0.243 e. The van der Waals surface area contributed by atoms with E-state index in [1.54, 1.807) is 7.05 Å². The van der Waals surface area contributed by atoms with Crippen molar-refractivity contribution in [2.75, 3.05) is 25.5 Å². The zero-order chi connectivity index (χ0) is 13.4. The van der Waals surface area contributed by atoms with Crippen molar-refractivity contribution in [3.8, 4) is 0 Å². The Kier molecular flexibility index (Phi) is 8.57. The van der Waals surface area contributed by atoms with E-state index in [1.807, 2.05) is 24.3 Å². The number of carbonyl (C=O) groups is 2. The summed E-state index contributed by atoms with van der Waals surface area (Å²) < 4.78 is 0. The molecule has 0 spiro atoms. The van der Waals surface area contributed by atoms with Gasteiger partial charge in [0.25, 0.3) is 0 Å². The highest BCUT2D eigenvalue weighted by Gasteiger charge is 2.05. The zero-order valence-corrected chi connectivity index (χ0v) is 12.0. The van der Waals surface area contributed by atoms with Gasteiger partial charge in [-0.2, -0.15) is 0 Å². The van der Waals surface area contributed by atoms with Crippen LogP contribution in [0.5, 0.6) is 0 Å². The number of amides is 2. The second-order valence-corrected chi connectivity index (χ2v) is 3.91. The van der Waals surface area contributed by atoms with Crippen LogP contribution in [0.4, 0.5) is 5.69 Å². The van der Waals surface area contributed by atoms with Gasteiger partial charge in [0.2, 0.25) is 11.8 Å². The topological polar surface area (TPSA) is 70.2 Å². The van der Waals surface area contributed by atoms with E-state index in [2.05, 4.69) is 22.9 Å². The minimum atomic E-state index is -0.229. The number of rotatable bonds is 6. The Balaban J connectivity index is 0.00000324. The largest absolute Gasteiger partial charge is 0.346 e. The van der Waals surface area contributed by atoms with E-state index in [4.69, 9.17) is 0 Å². The summed E-state index contributed by atoms with van der Waals surface area (Å²) in [4.78, 5) is 22.7. The van der Waals surface area contributed by atoms with Gasteiger partial charge in [-0.3, -0.25) is 9.59 Å². The minimum Gasteiger partial charge on any atom is -0.346 e. The fraction of sp³-hybridized carbons (Fsp3) is 0.385. The average Bonchev–Trinajstić information content (AvgIpc) is 2.37. The molecule has 3 N–H and O–H groups in total. The Labute approximate surface area is 119 Å². The fourth-order valence-corrected chi connectivity index (χ4v) is 1.48. The highest BCUT2D eigenvalue weighted by atomic mass is 35.5. The highest BCUT2D eigenvalue weighted by molar-refractivity contribution is 5.94. The molecule has 1 rings (SSSR count). The van der Waals surface area contributed by atoms with Gasteiger partial charge in [-0.05, 0) is 31.2 Å². The van der Waals surface area contributed by atoms with Crippen molar-refractivity contribution in [1.82, 2.24) is 10.6 Å². The number of anilines is 1.